The summed E-state index contributed by atoms with van der Waals surface area (Å²) in [7, 11) is 0. The van der Waals surface area contributed by atoms with Gasteiger partial charge in [-0.2, -0.15) is 0 Å². The Bertz CT molecular complexity index is 843. The third kappa shape index (κ3) is 2.94. The van der Waals surface area contributed by atoms with E-state index in [0.717, 1.165) is 35.5 Å². The molecule has 3 aromatic rings. The van der Waals surface area contributed by atoms with Gasteiger partial charge in [0.1, 0.15) is 0 Å². The number of aromatic nitrogens is 2. The van der Waals surface area contributed by atoms with E-state index in [4.69, 9.17) is 4.98 Å². The predicted molar refractivity (Wildman–Crippen MR) is 96.5 cm³/mol. The standard InChI is InChI=1S/C19H17N3S/c23-16-10-8-15(9-11-16)21-19-20-12-14-6-3-5-13-4-1-2-7-17(13)18(14)22-19/h1-2,4,7-12,23H,3,5-6H2,(H,20,21,22). The van der Waals surface area contributed by atoms with E-state index in [1.165, 1.54) is 16.7 Å². The molecule has 0 atom stereocenters. The molecule has 0 unspecified atom stereocenters. The summed E-state index contributed by atoms with van der Waals surface area (Å²) < 4.78 is 0. The zero-order valence-corrected chi connectivity index (χ0v) is 13.6. The van der Waals surface area contributed by atoms with Crippen LogP contribution in [0.15, 0.2) is 59.6 Å². The van der Waals surface area contributed by atoms with Crippen molar-refractivity contribution in [3.8, 4) is 11.3 Å². The van der Waals surface area contributed by atoms with Gasteiger partial charge in [-0.1, -0.05) is 24.3 Å². The Kier molecular flexibility index (Phi) is 3.75. The Labute approximate surface area is 141 Å². The number of aryl methyl sites for hydroxylation is 2. The maximum absolute atomic E-state index is 4.79. The Morgan fingerprint density at radius 1 is 0.913 bits per heavy atom. The van der Waals surface area contributed by atoms with Gasteiger partial charge in [-0.05, 0) is 54.7 Å². The highest BCUT2D eigenvalue weighted by atomic mass is 32.1. The summed E-state index contributed by atoms with van der Waals surface area (Å²) in [5.41, 5.74) is 5.85. The molecule has 1 heterocycles. The second kappa shape index (κ2) is 6.05. The van der Waals surface area contributed by atoms with E-state index in [-0.39, 0.29) is 0 Å². The Morgan fingerprint density at radius 3 is 2.57 bits per heavy atom. The van der Waals surface area contributed by atoms with E-state index in [9.17, 15) is 0 Å². The molecule has 0 spiro atoms. The van der Waals surface area contributed by atoms with Gasteiger partial charge in [0.2, 0.25) is 5.95 Å². The summed E-state index contributed by atoms with van der Waals surface area (Å²) in [5.74, 6) is 0.632. The average Bonchev–Trinajstić information content (AvgIpc) is 2.76. The first kappa shape index (κ1) is 14.3. The van der Waals surface area contributed by atoms with E-state index in [1.807, 2.05) is 30.5 Å². The minimum absolute atomic E-state index is 0.632. The number of benzene rings is 2. The number of nitrogens with zero attached hydrogens (tertiary/aromatic N) is 2. The van der Waals surface area contributed by atoms with Crippen LogP contribution in [0.5, 0.6) is 0 Å². The van der Waals surface area contributed by atoms with Gasteiger partial charge in [0, 0.05) is 22.3 Å². The summed E-state index contributed by atoms with van der Waals surface area (Å²) in [6.07, 6.45) is 5.22. The van der Waals surface area contributed by atoms with Gasteiger partial charge < -0.3 is 5.32 Å². The third-order valence-electron chi connectivity index (χ3n) is 4.15. The number of anilines is 2. The number of nitrogens with one attached hydrogen (secondary N) is 1. The molecule has 1 aliphatic rings. The van der Waals surface area contributed by atoms with E-state index in [2.05, 4.69) is 47.2 Å². The molecule has 4 heteroatoms. The van der Waals surface area contributed by atoms with Crippen LogP contribution in [0.2, 0.25) is 0 Å². The fourth-order valence-corrected chi connectivity index (χ4v) is 3.14. The van der Waals surface area contributed by atoms with Crippen molar-refractivity contribution in [2.75, 3.05) is 5.32 Å². The van der Waals surface area contributed by atoms with Gasteiger partial charge in [0.25, 0.3) is 0 Å². The second-order valence-corrected chi connectivity index (χ2v) is 6.27. The molecule has 3 nitrogen and oxygen atoms in total. The van der Waals surface area contributed by atoms with E-state index >= 15 is 0 Å². The van der Waals surface area contributed by atoms with E-state index in [0.29, 0.717) is 5.95 Å². The molecule has 0 bridgehead atoms. The highest BCUT2D eigenvalue weighted by Crippen LogP contribution is 2.31. The van der Waals surface area contributed by atoms with Gasteiger partial charge in [-0.25, -0.2) is 9.97 Å². The molecule has 0 fully saturated rings. The SMILES string of the molecule is Sc1ccc(Nc2ncc3c(n2)-c2ccccc2CCC3)cc1. The van der Waals surface area contributed by atoms with Crippen molar-refractivity contribution in [3.63, 3.8) is 0 Å². The summed E-state index contributed by atoms with van der Waals surface area (Å²) >= 11 is 4.31. The highest BCUT2D eigenvalue weighted by molar-refractivity contribution is 7.80. The Balaban J connectivity index is 1.73. The quantitative estimate of drug-likeness (QED) is 0.674. The molecule has 23 heavy (non-hydrogen) atoms. The molecule has 0 amide bonds. The number of hydrogen-bond acceptors (Lipinski definition) is 4. The number of hydrogen-bond donors (Lipinski definition) is 2. The van der Waals surface area contributed by atoms with Crippen molar-refractivity contribution in [3.05, 3.63) is 65.9 Å². The van der Waals surface area contributed by atoms with Crippen LogP contribution in [0.3, 0.4) is 0 Å². The lowest BCUT2D eigenvalue weighted by molar-refractivity contribution is 0.829. The summed E-state index contributed by atoms with van der Waals surface area (Å²) in [5, 5.41) is 3.28. The van der Waals surface area contributed by atoms with Gasteiger partial charge in [-0.15, -0.1) is 12.6 Å². The fourth-order valence-electron chi connectivity index (χ4n) is 3.00. The van der Waals surface area contributed by atoms with Crippen molar-refractivity contribution < 1.29 is 0 Å². The third-order valence-corrected chi connectivity index (χ3v) is 4.45. The molecule has 2 aromatic carbocycles. The summed E-state index contributed by atoms with van der Waals surface area (Å²) in [6.45, 7) is 0. The molecule has 1 N–H and O–H groups in total. The smallest absolute Gasteiger partial charge is 0.227 e. The molecule has 0 saturated carbocycles. The predicted octanol–water partition coefficient (Wildman–Crippen LogP) is 4.66. The largest absolute Gasteiger partial charge is 0.324 e. The average molecular weight is 319 g/mol. The van der Waals surface area contributed by atoms with Crippen molar-refractivity contribution >= 4 is 24.3 Å². The van der Waals surface area contributed by atoms with Crippen molar-refractivity contribution in [1.29, 1.82) is 0 Å². The first-order chi connectivity index (χ1) is 11.3. The van der Waals surface area contributed by atoms with Crippen molar-refractivity contribution in [1.82, 2.24) is 9.97 Å². The van der Waals surface area contributed by atoms with Crippen molar-refractivity contribution in [2.45, 2.75) is 24.2 Å². The molecule has 1 aromatic heterocycles. The molecular weight excluding hydrogens is 302 g/mol. The topological polar surface area (TPSA) is 37.8 Å². The minimum Gasteiger partial charge on any atom is -0.324 e. The summed E-state index contributed by atoms with van der Waals surface area (Å²) in [4.78, 5) is 10.2. The molecular formula is C19H17N3S. The minimum atomic E-state index is 0.632. The maximum atomic E-state index is 4.79. The van der Waals surface area contributed by atoms with Gasteiger partial charge in [0.05, 0.1) is 5.69 Å². The van der Waals surface area contributed by atoms with Crippen LogP contribution in [0.25, 0.3) is 11.3 Å². The fraction of sp³-hybridized carbons (Fsp3) is 0.158. The normalized spacial score (nSPS) is 12.9. The number of thiol groups is 1. The first-order valence-electron chi connectivity index (χ1n) is 7.80. The molecule has 1 aliphatic carbocycles. The first-order valence-corrected chi connectivity index (χ1v) is 8.24. The van der Waals surface area contributed by atoms with Crippen molar-refractivity contribution in [2.24, 2.45) is 0 Å². The molecule has 114 valence electrons. The lowest BCUT2D eigenvalue weighted by Crippen LogP contribution is -2.01. The zero-order chi connectivity index (χ0) is 15.6. The van der Waals surface area contributed by atoms with Gasteiger partial charge >= 0.3 is 0 Å². The number of fused-ring (bicyclic) bond motifs is 3. The van der Waals surface area contributed by atoms with Crippen LogP contribution in [-0.2, 0) is 12.8 Å². The van der Waals surface area contributed by atoms with E-state index < -0.39 is 0 Å². The van der Waals surface area contributed by atoms with Gasteiger partial charge in [0.15, 0.2) is 0 Å². The molecule has 0 radical (unpaired) electrons. The highest BCUT2D eigenvalue weighted by Gasteiger charge is 2.16. The van der Waals surface area contributed by atoms with Crippen LogP contribution in [0, 0.1) is 0 Å². The lowest BCUT2D eigenvalue weighted by Gasteiger charge is -2.11. The van der Waals surface area contributed by atoms with Gasteiger partial charge in [-0.3, -0.25) is 0 Å². The zero-order valence-electron chi connectivity index (χ0n) is 12.7. The maximum Gasteiger partial charge on any atom is 0.227 e. The van der Waals surface area contributed by atoms with Crippen LogP contribution in [0.4, 0.5) is 11.6 Å². The van der Waals surface area contributed by atoms with Crippen LogP contribution >= 0.6 is 12.6 Å². The molecule has 4 rings (SSSR count). The van der Waals surface area contributed by atoms with E-state index in [1.54, 1.807) is 0 Å². The summed E-state index contributed by atoms with van der Waals surface area (Å²) in [6, 6.07) is 16.4. The second-order valence-electron chi connectivity index (χ2n) is 5.75. The lowest BCUT2D eigenvalue weighted by atomic mass is 10.0. The molecule has 0 aliphatic heterocycles. The Hall–Kier alpha value is -2.33. The Morgan fingerprint density at radius 2 is 1.70 bits per heavy atom. The van der Waals surface area contributed by atoms with Crippen LogP contribution in [0.1, 0.15) is 17.5 Å². The molecule has 0 saturated heterocycles. The van der Waals surface area contributed by atoms with Crippen LogP contribution in [-0.4, -0.2) is 9.97 Å². The number of rotatable bonds is 2. The monoisotopic (exact) mass is 319 g/mol. The van der Waals surface area contributed by atoms with Crippen LogP contribution < -0.4 is 5.32 Å².